The molecule has 0 saturated heterocycles. The fourth-order valence-corrected chi connectivity index (χ4v) is 5.34. The summed E-state index contributed by atoms with van der Waals surface area (Å²) in [5.74, 6) is -1.20. The highest BCUT2D eigenvalue weighted by Crippen LogP contribution is 2.28. The van der Waals surface area contributed by atoms with Gasteiger partial charge in [-0.25, -0.2) is 0 Å². The molecule has 0 spiro atoms. The molecule has 0 aliphatic carbocycles. The first-order chi connectivity index (χ1) is 20.1. The molecule has 0 aliphatic heterocycles. The fraction of sp³-hybridized carbons (Fsp3) is 0.0938. The number of hydrogen-bond donors (Lipinski definition) is 3. The average molecular weight is 639 g/mol. The van der Waals surface area contributed by atoms with Crippen LogP contribution in [0.15, 0.2) is 102 Å². The van der Waals surface area contributed by atoms with Crippen LogP contribution in [-0.2, 0) is 9.59 Å². The summed E-state index contributed by atoms with van der Waals surface area (Å²) >= 11 is 19.8. The van der Waals surface area contributed by atoms with Crippen LogP contribution in [0.2, 0.25) is 15.1 Å². The molecule has 0 heterocycles. The first-order valence-corrected chi connectivity index (χ1v) is 14.8. The van der Waals surface area contributed by atoms with Crippen LogP contribution in [0.3, 0.4) is 0 Å². The van der Waals surface area contributed by atoms with Crippen molar-refractivity contribution < 1.29 is 14.4 Å². The highest BCUT2D eigenvalue weighted by atomic mass is 35.5. The van der Waals surface area contributed by atoms with E-state index in [9.17, 15) is 14.4 Å². The zero-order valence-electron chi connectivity index (χ0n) is 22.6. The first kappa shape index (κ1) is 31.2. The molecule has 10 heteroatoms. The second-order valence-electron chi connectivity index (χ2n) is 9.23. The third kappa shape index (κ3) is 8.63. The molecule has 0 radical (unpaired) electrons. The van der Waals surface area contributed by atoms with Gasteiger partial charge in [-0.2, -0.15) is 0 Å². The lowest BCUT2D eigenvalue weighted by atomic mass is 10.1. The molecule has 0 fully saturated rings. The van der Waals surface area contributed by atoms with Crippen LogP contribution < -0.4 is 16.0 Å². The standard InChI is InChI=1S/C32H26Cl3N3O3S/c1-19-11-13-24(34)17-28(19)37-30(39)20(2)42-26-10-6-9-25(18-26)36-32(41)29(15-22-12-14-23(33)16-27(22)35)38-31(40)21-7-4-3-5-8-21/h3-18,20H,1-2H3,(H,36,41)(H,37,39)(H,38,40)/b29-15+. The number of anilines is 2. The Labute approximate surface area is 263 Å². The Morgan fingerprint density at radius 2 is 1.52 bits per heavy atom. The van der Waals surface area contributed by atoms with Gasteiger partial charge in [0.25, 0.3) is 11.8 Å². The van der Waals surface area contributed by atoms with Crippen molar-refractivity contribution in [3.63, 3.8) is 0 Å². The molecule has 4 aromatic carbocycles. The number of aryl methyl sites for hydroxylation is 1. The van der Waals surface area contributed by atoms with Crippen LogP contribution in [0, 0.1) is 6.92 Å². The number of benzene rings is 4. The molecule has 214 valence electrons. The molecule has 0 saturated carbocycles. The molecule has 1 unspecified atom stereocenters. The van der Waals surface area contributed by atoms with E-state index >= 15 is 0 Å². The molecule has 4 aromatic rings. The van der Waals surface area contributed by atoms with E-state index in [0.29, 0.717) is 37.6 Å². The number of halogens is 3. The van der Waals surface area contributed by atoms with E-state index < -0.39 is 17.1 Å². The Hall–Kier alpha value is -3.75. The van der Waals surface area contributed by atoms with Gasteiger partial charge < -0.3 is 16.0 Å². The normalized spacial score (nSPS) is 11.9. The van der Waals surface area contributed by atoms with E-state index in [1.54, 1.807) is 85.8 Å². The number of carbonyl (C=O) groups excluding carboxylic acids is 3. The minimum Gasteiger partial charge on any atom is -0.325 e. The summed E-state index contributed by atoms with van der Waals surface area (Å²) in [6.07, 6.45) is 1.48. The SMILES string of the molecule is Cc1ccc(Cl)cc1NC(=O)C(C)Sc1cccc(NC(=O)/C(=C\c2ccc(Cl)cc2Cl)NC(=O)c2ccccc2)c1. The molecule has 1 atom stereocenters. The van der Waals surface area contributed by atoms with E-state index in [0.717, 1.165) is 10.5 Å². The van der Waals surface area contributed by atoms with Crippen molar-refractivity contribution in [3.05, 3.63) is 128 Å². The van der Waals surface area contributed by atoms with Crippen molar-refractivity contribution in [1.29, 1.82) is 0 Å². The van der Waals surface area contributed by atoms with Gasteiger partial charge in [0.15, 0.2) is 0 Å². The predicted octanol–water partition coefficient (Wildman–Crippen LogP) is 8.48. The van der Waals surface area contributed by atoms with E-state index in [1.165, 1.54) is 17.8 Å². The van der Waals surface area contributed by atoms with E-state index in [-0.39, 0.29) is 11.6 Å². The third-order valence-electron chi connectivity index (χ3n) is 6.02. The van der Waals surface area contributed by atoms with Crippen LogP contribution >= 0.6 is 46.6 Å². The fourth-order valence-electron chi connectivity index (χ4n) is 3.78. The van der Waals surface area contributed by atoms with Crippen molar-refractivity contribution >= 4 is 81.7 Å². The van der Waals surface area contributed by atoms with Crippen molar-refractivity contribution in [2.75, 3.05) is 10.6 Å². The topological polar surface area (TPSA) is 87.3 Å². The Bertz CT molecular complexity index is 1660. The van der Waals surface area contributed by atoms with Gasteiger partial charge in [-0.15, -0.1) is 11.8 Å². The summed E-state index contributed by atoms with van der Waals surface area (Å²) in [5.41, 5.74) is 2.90. The quantitative estimate of drug-likeness (QED) is 0.127. The van der Waals surface area contributed by atoms with Crippen molar-refractivity contribution in [3.8, 4) is 0 Å². The lowest BCUT2D eigenvalue weighted by molar-refractivity contribution is -0.115. The van der Waals surface area contributed by atoms with Crippen LogP contribution in [0.1, 0.15) is 28.4 Å². The average Bonchev–Trinajstić information content (AvgIpc) is 2.96. The van der Waals surface area contributed by atoms with Crippen LogP contribution in [-0.4, -0.2) is 23.0 Å². The van der Waals surface area contributed by atoms with Gasteiger partial charge in [-0.05, 0) is 85.6 Å². The van der Waals surface area contributed by atoms with Crippen molar-refractivity contribution in [2.24, 2.45) is 0 Å². The first-order valence-electron chi connectivity index (χ1n) is 12.8. The van der Waals surface area contributed by atoms with Gasteiger partial charge in [0.1, 0.15) is 5.70 Å². The summed E-state index contributed by atoms with van der Waals surface area (Å²) in [6, 6.07) is 25.8. The van der Waals surface area contributed by atoms with Crippen LogP contribution in [0.25, 0.3) is 6.08 Å². The maximum Gasteiger partial charge on any atom is 0.272 e. The second-order valence-corrected chi connectivity index (χ2v) is 11.9. The van der Waals surface area contributed by atoms with Crippen LogP contribution in [0.5, 0.6) is 0 Å². The summed E-state index contributed by atoms with van der Waals surface area (Å²) in [7, 11) is 0. The van der Waals surface area contributed by atoms with E-state index in [1.807, 2.05) is 19.1 Å². The zero-order valence-corrected chi connectivity index (χ0v) is 25.7. The maximum atomic E-state index is 13.4. The molecule has 0 aromatic heterocycles. The van der Waals surface area contributed by atoms with Gasteiger partial charge in [0.05, 0.1) is 5.25 Å². The maximum absolute atomic E-state index is 13.4. The molecular formula is C32H26Cl3N3O3S. The van der Waals surface area contributed by atoms with E-state index in [4.69, 9.17) is 34.8 Å². The molecule has 4 rings (SSSR count). The Kier molecular flexibility index (Phi) is 10.7. The Balaban J connectivity index is 1.50. The summed E-state index contributed by atoms with van der Waals surface area (Å²) in [5, 5.41) is 9.28. The molecule has 6 nitrogen and oxygen atoms in total. The third-order valence-corrected chi connectivity index (χ3v) is 7.91. The number of thioether (sulfide) groups is 1. The van der Waals surface area contributed by atoms with Gasteiger partial charge in [-0.1, -0.05) is 71.2 Å². The van der Waals surface area contributed by atoms with Gasteiger partial charge in [0, 0.05) is 36.9 Å². The second kappa shape index (κ2) is 14.4. The molecule has 42 heavy (non-hydrogen) atoms. The Morgan fingerprint density at radius 1 is 0.810 bits per heavy atom. The summed E-state index contributed by atoms with van der Waals surface area (Å²) in [6.45, 7) is 3.68. The Morgan fingerprint density at radius 3 is 2.26 bits per heavy atom. The minimum atomic E-state index is -0.560. The van der Waals surface area contributed by atoms with Crippen molar-refractivity contribution in [2.45, 2.75) is 24.0 Å². The van der Waals surface area contributed by atoms with Crippen molar-refractivity contribution in [1.82, 2.24) is 5.32 Å². The number of nitrogens with one attached hydrogen (secondary N) is 3. The highest BCUT2D eigenvalue weighted by Gasteiger charge is 2.18. The number of carbonyl (C=O) groups is 3. The van der Waals surface area contributed by atoms with Gasteiger partial charge in [-0.3, -0.25) is 14.4 Å². The molecule has 3 N–H and O–H groups in total. The van der Waals surface area contributed by atoms with E-state index in [2.05, 4.69) is 16.0 Å². The number of rotatable bonds is 9. The zero-order chi connectivity index (χ0) is 30.2. The number of hydrogen-bond acceptors (Lipinski definition) is 4. The van der Waals surface area contributed by atoms with Gasteiger partial charge >= 0.3 is 0 Å². The lowest BCUT2D eigenvalue weighted by Crippen LogP contribution is -2.30. The summed E-state index contributed by atoms with van der Waals surface area (Å²) in [4.78, 5) is 40.0. The highest BCUT2D eigenvalue weighted by molar-refractivity contribution is 8.00. The van der Waals surface area contributed by atoms with Crippen LogP contribution in [0.4, 0.5) is 11.4 Å². The lowest BCUT2D eigenvalue weighted by Gasteiger charge is -2.15. The molecular weight excluding hydrogens is 613 g/mol. The largest absolute Gasteiger partial charge is 0.325 e. The van der Waals surface area contributed by atoms with Gasteiger partial charge in [0.2, 0.25) is 5.91 Å². The molecule has 0 bridgehead atoms. The molecule has 0 aliphatic rings. The molecule has 3 amide bonds. The monoisotopic (exact) mass is 637 g/mol. The summed E-state index contributed by atoms with van der Waals surface area (Å²) < 4.78 is 0. The predicted molar refractivity (Wildman–Crippen MR) is 174 cm³/mol. The smallest absolute Gasteiger partial charge is 0.272 e. The minimum absolute atomic E-state index is 0.0178. The number of amides is 3.